The van der Waals surface area contributed by atoms with Gasteiger partial charge in [0.2, 0.25) is 10.1 Å². The van der Waals surface area contributed by atoms with Crippen molar-refractivity contribution in [2.75, 3.05) is 11.1 Å². The molecule has 1 aromatic carbocycles. The lowest BCUT2D eigenvalue weighted by atomic mass is 10.3. The maximum Gasteiger partial charge on any atom is 0.286 e. The van der Waals surface area contributed by atoms with Crippen molar-refractivity contribution in [1.82, 2.24) is 10.2 Å². The van der Waals surface area contributed by atoms with Crippen LogP contribution in [0, 0.1) is 0 Å². The molecule has 2 aromatic rings. The van der Waals surface area contributed by atoms with Crippen LogP contribution < -0.4 is 11.1 Å². The van der Waals surface area contributed by atoms with Crippen molar-refractivity contribution in [3.8, 4) is 0 Å². The van der Waals surface area contributed by atoms with Crippen LogP contribution in [-0.2, 0) is 0 Å². The number of hydrogen-bond donors (Lipinski definition) is 2. The van der Waals surface area contributed by atoms with Crippen LogP contribution in [0.2, 0.25) is 0 Å². The van der Waals surface area contributed by atoms with Gasteiger partial charge in [-0.1, -0.05) is 29.5 Å². The molecule has 0 fully saturated rings. The third kappa shape index (κ3) is 2.29. The van der Waals surface area contributed by atoms with Gasteiger partial charge in [-0.15, -0.1) is 10.2 Å². The van der Waals surface area contributed by atoms with Gasteiger partial charge in [-0.25, -0.2) is 0 Å². The van der Waals surface area contributed by atoms with Gasteiger partial charge in [-0.3, -0.25) is 4.79 Å². The summed E-state index contributed by atoms with van der Waals surface area (Å²) in [5, 5.41) is 10.4. The Kier molecular flexibility index (Phi) is 2.59. The van der Waals surface area contributed by atoms with Crippen LogP contribution in [0.5, 0.6) is 0 Å². The fourth-order valence-corrected chi connectivity index (χ4v) is 1.54. The minimum Gasteiger partial charge on any atom is -0.374 e. The quantitative estimate of drug-likeness (QED) is 0.801. The Labute approximate surface area is 90.0 Å². The summed E-state index contributed by atoms with van der Waals surface area (Å²) in [4.78, 5) is 11.6. The predicted molar refractivity (Wildman–Crippen MR) is 58.7 cm³/mol. The van der Waals surface area contributed by atoms with Crippen molar-refractivity contribution in [2.45, 2.75) is 0 Å². The number of hydrogen-bond acceptors (Lipinski definition) is 5. The van der Waals surface area contributed by atoms with E-state index in [9.17, 15) is 4.79 Å². The lowest BCUT2D eigenvalue weighted by Gasteiger charge is -2.00. The normalized spacial score (nSPS) is 9.87. The first-order valence-electron chi connectivity index (χ1n) is 4.21. The molecule has 3 N–H and O–H groups in total. The van der Waals surface area contributed by atoms with E-state index < -0.39 is 0 Å². The highest BCUT2D eigenvalue weighted by Crippen LogP contribution is 2.13. The molecule has 0 radical (unpaired) electrons. The average molecular weight is 220 g/mol. The molecular weight excluding hydrogens is 212 g/mol. The molecule has 0 aliphatic heterocycles. The lowest BCUT2D eigenvalue weighted by molar-refractivity contribution is 0.102. The molecule has 15 heavy (non-hydrogen) atoms. The van der Waals surface area contributed by atoms with E-state index in [2.05, 4.69) is 15.5 Å². The first kappa shape index (κ1) is 9.60. The number of amides is 1. The number of rotatable bonds is 2. The van der Waals surface area contributed by atoms with Crippen LogP contribution in [-0.4, -0.2) is 16.1 Å². The van der Waals surface area contributed by atoms with Crippen molar-refractivity contribution >= 4 is 28.1 Å². The molecule has 0 saturated carbocycles. The predicted octanol–water partition coefficient (Wildman–Crippen LogP) is 1.37. The second kappa shape index (κ2) is 4.05. The zero-order chi connectivity index (χ0) is 10.7. The smallest absolute Gasteiger partial charge is 0.286 e. The van der Waals surface area contributed by atoms with E-state index in [1.54, 1.807) is 12.1 Å². The summed E-state index contributed by atoms with van der Waals surface area (Å²) in [5.74, 6) is -0.296. The first-order valence-corrected chi connectivity index (χ1v) is 5.03. The number of para-hydroxylation sites is 1. The van der Waals surface area contributed by atoms with Crippen LogP contribution in [0.15, 0.2) is 30.3 Å². The summed E-state index contributed by atoms with van der Waals surface area (Å²) in [5.41, 5.74) is 6.09. The Hall–Kier alpha value is -1.95. The second-order valence-electron chi connectivity index (χ2n) is 2.77. The van der Waals surface area contributed by atoms with Gasteiger partial charge in [0.05, 0.1) is 0 Å². The van der Waals surface area contributed by atoms with Crippen molar-refractivity contribution in [2.24, 2.45) is 0 Å². The third-order valence-corrected chi connectivity index (χ3v) is 2.42. The van der Waals surface area contributed by atoms with E-state index in [-0.39, 0.29) is 16.0 Å². The number of carbonyl (C=O) groups excluding carboxylic acids is 1. The van der Waals surface area contributed by atoms with Crippen LogP contribution in [0.3, 0.4) is 0 Å². The van der Waals surface area contributed by atoms with E-state index >= 15 is 0 Å². The molecule has 0 unspecified atom stereocenters. The van der Waals surface area contributed by atoms with Gasteiger partial charge in [0.25, 0.3) is 5.91 Å². The fourth-order valence-electron chi connectivity index (χ4n) is 1.03. The maximum absolute atomic E-state index is 11.6. The number of nitrogens with zero attached hydrogens (tertiary/aromatic N) is 2. The van der Waals surface area contributed by atoms with E-state index in [1.807, 2.05) is 18.2 Å². The number of nitrogens with one attached hydrogen (secondary N) is 1. The highest BCUT2D eigenvalue weighted by Gasteiger charge is 2.11. The topological polar surface area (TPSA) is 80.9 Å². The molecule has 1 heterocycles. The van der Waals surface area contributed by atoms with E-state index in [0.717, 1.165) is 17.0 Å². The van der Waals surface area contributed by atoms with Gasteiger partial charge in [0.1, 0.15) is 0 Å². The summed E-state index contributed by atoms with van der Waals surface area (Å²) in [7, 11) is 0. The van der Waals surface area contributed by atoms with E-state index in [4.69, 9.17) is 5.73 Å². The standard InChI is InChI=1S/C9H8N4OS/c10-9-13-12-8(15-9)7(14)11-6-4-2-1-3-5-6/h1-5H,(H2,10,13)(H,11,14). The zero-order valence-electron chi connectivity index (χ0n) is 7.68. The van der Waals surface area contributed by atoms with Crippen LogP contribution in [0.1, 0.15) is 9.80 Å². The first-order chi connectivity index (χ1) is 7.25. The molecule has 0 atom stereocenters. The van der Waals surface area contributed by atoms with Crippen molar-refractivity contribution in [3.05, 3.63) is 35.3 Å². The number of anilines is 2. The molecule has 2 rings (SSSR count). The highest BCUT2D eigenvalue weighted by molar-refractivity contribution is 7.16. The Balaban J connectivity index is 2.11. The maximum atomic E-state index is 11.6. The molecule has 76 valence electrons. The zero-order valence-corrected chi connectivity index (χ0v) is 8.49. The average Bonchev–Trinajstić information content (AvgIpc) is 2.66. The Morgan fingerprint density at radius 3 is 2.60 bits per heavy atom. The lowest BCUT2D eigenvalue weighted by Crippen LogP contribution is -2.11. The minimum absolute atomic E-state index is 0.261. The summed E-state index contributed by atoms with van der Waals surface area (Å²) in [6.07, 6.45) is 0. The number of carbonyl (C=O) groups is 1. The van der Waals surface area contributed by atoms with Crippen LogP contribution in [0.4, 0.5) is 10.8 Å². The summed E-state index contributed by atoms with van der Waals surface area (Å²) in [6, 6.07) is 9.14. The molecule has 0 aliphatic carbocycles. The molecular formula is C9H8N4OS. The van der Waals surface area contributed by atoms with Gasteiger partial charge in [0, 0.05) is 5.69 Å². The van der Waals surface area contributed by atoms with E-state index in [1.165, 1.54) is 0 Å². The molecule has 0 spiro atoms. The molecule has 0 bridgehead atoms. The highest BCUT2D eigenvalue weighted by atomic mass is 32.1. The molecule has 0 saturated heterocycles. The third-order valence-electron chi connectivity index (χ3n) is 1.67. The Morgan fingerprint density at radius 1 is 1.27 bits per heavy atom. The van der Waals surface area contributed by atoms with Crippen LogP contribution >= 0.6 is 11.3 Å². The molecule has 5 nitrogen and oxygen atoms in total. The van der Waals surface area contributed by atoms with Crippen molar-refractivity contribution in [1.29, 1.82) is 0 Å². The number of nitrogen functional groups attached to an aromatic ring is 1. The summed E-state index contributed by atoms with van der Waals surface area (Å²) in [6.45, 7) is 0. The number of benzene rings is 1. The Bertz CT molecular complexity index is 468. The van der Waals surface area contributed by atoms with Gasteiger partial charge in [0.15, 0.2) is 0 Å². The second-order valence-corrected chi connectivity index (χ2v) is 3.77. The minimum atomic E-state index is -0.296. The SMILES string of the molecule is Nc1nnc(C(=O)Nc2ccccc2)s1. The van der Waals surface area contributed by atoms with Gasteiger partial charge < -0.3 is 11.1 Å². The molecule has 1 amide bonds. The fraction of sp³-hybridized carbons (Fsp3) is 0. The molecule has 6 heteroatoms. The summed E-state index contributed by atoms with van der Waals surface area (Å²) < 4.78 is 0. The Morgan fingerprint density at radius 2 is 2.00 bits per heavy atom. The van der Waals surface area contributed by atoms with Crippen molar-refractivity contribution in [3.63, 3.8) is 0 Å². The van der Waals surface area contributed by atoms with Crippen molar-refractivity contribution < 1.29 is 4.79 Å². The summed E-state index contributed by atoms with van der Waals surface area (Å²) >= 11 is 1.06. The molecule has 0 aliphatic rings. The van der Waals surface area contributed by atoms with Gasteiger partial charge in [-0.2, -0.15) is 0 Å². The molecule has 1 aromatic heterocycles. The number of aromatic nitrogens is 2. The van der Waals surface area contributed by atoms with Gasteiger partial charge in [-0.05, 0) is 12.1 Å². The van der Waals surface area contributed by atoms with Gasteiger partial charge >= 0.3 is 0 Å². The van der Waals surface area contributed by atoms with E-state index in [0.29, 0.717) is 0 Å². The largest absolute Gasteiger partial charge is 0.374 e. The van der Waals surface area contributed by atoms with Crippen LogP contribution in [0.25, 0.3) is 0 Å². The monoisotopic (exact) mass is 220 g/mol. The number of nitrogens with two attached hydrogens (primary N) is 1.